The molecule has 3 aromatic rings. The van der Waals surface area contributed by atoms with Crippen molar-refractivity contribution in [2.45, 2.75) is 0 Å². The number of anilines is 1. The van der Waals surface area contributed by atoms with E-state index in [0.717, 1.165) is 11.4 Å². The van der Waals surface area contributed by atoms with Crippen molar-refractivity contribution in [3.05, 3.63) is 70.6 Å². The number of hydrogen-bond donors (Lipinski definition) is 0. The van der Waals surface area contributed by atoms with Gasteiger partial charge >= 0.3 is 0 Å². The molecular formula is C20H17Cl2N5O. The second-order valence-electron chi connectivity index (χ2n) is 6.38. The highest BCUT2D eigenvalue weighted by Gasteiger charge is 2.24. The zero-order valence-corrected chi connectivity index (χ0v) is 16.4. The van der Waals surface area contributed by atoms with Gasteiger partial charge in [0.05, 0.1) is 0 Å². The van der Waals surface area contributed by atoms with E-state index in [2.05, 4.69) is 19.9 Å². The zero-order valence-electron chi connectivity index (χ0n) is 14.9. The van der Waals surface area contributed by atoms with Crippen LogP contribution in [-0.4, -0.2) is 51.9 Å². The SMILES string of the molecule is O=C(c1cc(Cl)nc(Cl)c1)N1CCN(c2ccnc(-c3ccccc3)n2)CC1. The van der Waals surface area contributed by atoms with E-state index < -0.39 is 0 Å². The van der Waals surface area contributed by atoms with Crippen molar-refractivity contribution < 1.29 is 4.79 Å². The van der Waals surface area contributed by atoms with Crippen LogP contribution in [0.5, 0.6) is 0 Å². The van der Waals surface area contributed by atoms with E-state index >= 15 is 0 Å². The first-order valence-corrected chi connectivity index (χ1v) is 9.61. The van der Waals surface area contributed by atoms with Crippen molar-refractivity contribution in [2.75, 3.05) is 31.1 Å². The number of nitrogens with zero attached hydrogens (tertiary/aromatic N) is 5. The highest BCUT2D eigenvalue weighted by Crippen LogP contribution is 2.21. The van der Waals surface area contributed by atoms with Crippen molar-refractivity contribution in [3.8, 4) is 11.4 Å². The first-order valence-electron chi connectivity index (χ1n) is 8.86. The third-order valence-corrected chi connectivity index (χ3v) is 4.96. The van der Waals surface area contributed by atoms with Gasteiger partial charge in [0.1, 0.15) is 16.1 Å². The van der Waals surface area contributed by atoms with Crippen LogP contribution in [0.1, 0.15) is 10.4 Å². The van der Waals surface area contributed by atoms with Crippen LogP contribution in [0.4, 0.5) is 5.82 Å². The summed E-state index contributed by atoms with van der Waals surface area (Å²) in [5.41, 5.74) is 1.43. The van der Waals surface area contributed by atoms with Gasteiger partial charge in [-0.2, -0.15) is 0 Å². The summed E-state index contributed by atoms with van der Waals surface area (Å²) in [4.78, 5) is 29.6. The lowest BCUT2D eigenvalue weighted by molar-refractivity contribution is 0.0746. The molecule has 28 heavy (non-hydrogen) atoms. The Hall–Kier alpha value is -2.70. The van der Waals surface area contributed by atoms with Gasteiger partial charge in [-0.15, -0.1) is 0 Å². The topological polar surface area (TPSA) is 62.2 Å². The summed E-state index contributed by atoms with van der Waals surface area (Å²) in [6.07, 6.45) is 1.77. The smallest absolute Gasteiger partial charge is 0.254 e. The monoisotopic (exact) mass is 413 g/mol. The van der Waals surface area contributed by atoms with Crippen molar-refractivity contribution in [3.63, 3.8) is 0 Å². The Balaban J connectivity index is 1.45. The fraction of sp³-hybridized carbons (Fsp3) is 0.200. The summed E-state index contributed by atoms with van der Waals surface area (Å²) in [5.74, 6) is 1.45. The minimum Gasteiger partial charge on any atom is -0.353 e. The predicted octanol–water partition coefficient (Wildman–Crippen LogP) is 3.81. The Kier molecular flexibility index (Phi) is 5.41. The normalized spacial score (nSPS) is 14.2. The molecule has 6 nitrogen and oxygen atoms in total. The zero-order chi connectivity index (χ0) is 19.5. The first-order chi connectivity index (χ1) is 13.6. The Morgan fingerprint density at radius 2 is 1.57 bits per heavy atom. The summed E-state index contributed by atoms with van der Waals surface area (Å²) in [5, 5.41) is 0.424. The lowest BCUT2D eigenvalue weighted by Gasteiger charge is -2.35. The molecule has 0 aliphatic carbocycles. The molecule has 2 aromatic heterocycles. The van der Waals surface area contributed by atoms with Gasteiger partial charge in [-0.05, 0) is 18.2 Å². The predicted molar refractivity (Wildman–Crippen MR) is 110 cm³/mol. The fourth-order valence-corrected chi connectivity index (χ4v) is 3.62. The Bertz CT molecular complexity index is 971. The number of carbonyl (C=O) groups excluding carboxylic acids is 1. The maximum Gasteiger partial charge on any atom is 0.254 e. The highest BCUT2D eigenvalue weighted by molar-refractivity contribution is 6.33. The molecule has 0 spiro atoms. The van der Waals surface area contributed by atoms with Crippen LogP contribution in [0.2, 0.25) is 10.3 Å². The molecule has 8 heteroatoms. The van der Waals surface area contributed by atoms with E-state index in [1.165, 1.54) is 0 Å². The van der Waals surface area contributed by atoms with Crippen molar-refractivity contribution in [1.82, 2.24) is 19.9 Å². The van der Waals surface area contributed by atoms with Crippen LogP contribution < -0.4 is 4.90 Å². The van der Waals surface area contributed by atoms with Gasteiger partial charge in [0.2, 0.25) is 0 Å². The number of piperazine rings is 1. The third-order valence-electron chi connectivity index (χ3n) is 4.57. The molecule has 1 aromatic carbocycles. The molecule has 0 bridgehead atoms. The number of rotatable bonds is 3. The molecule has 0 saturated carbocycles. The van der Waals surface area contributed by atoms with Crippen LogP contribution in [0.15, 0.2) is 54.7 Å². The van der Waals surface area contributed by atoms with Gasteiger partial charge < -0.3 is 9.80 Å². The standard InChI is InChI=1S/C20H17Cl2N5O/c21-16-12-15(13-17(22)24-16)20(28)27-10-8-26(9-11-27)18-6-7-23-19(25-18)14-4-2-1-3-5-14/h1-7,12-13H,8-11H2. The molecule has 1 amide bonds. The Morgan fingerprint density at radius 3 is 2.25 bits per heavy atom. The molecule has 1 fully saturated rings. The van der Waals surface area contributed by atoms with Crippen LogP contribution in [-0.2, 0) is 0 Å². The summed E-state index contributed by atoms with van der Waals surface area (Å²) >= 11 is 11.8. The van der Waals surface area contributed by atoms with Gasteiger partial charge in [-0.1, -0.05) is 53.5 Å². The van der Waals surface area contributed by atoms with Gasteiger partial charge in [-0.25, -0.2) is 15.0 Å². The third kappa shape index (κ3) is 4.08. The summed E-state index contributed by atoms with van der Waals surface area (Å²) in [6.45, 7) is 2.54. The Labute approximate surface area is 172 Å². The maximum atomic E-state index is 12.7. The van der Waals surface area contributed by atoms with Crippen LogP contribution in [0.25, 0.3) is 11.4 Å². The molecule has 1 saturated heterocycles. The van der Waals surface area contributed by atoms with Gasteiger partial charge in [-0.3, -0.25) is 4.79 Å². The van der Waals surface area contributed by atoms with Crippen molar-refractivity contribution in [1.29, 1.82) is 0 Å². The second-order valence-corrected chi connectivity index (χ2v) is 7.16. The lowest BCUT2D eigenvalue weighted by atomic mass is 10.2. The lowest BCUT2D eigenvalue weighted by Crippen LogP contribution is -2.49. The summed E-state index contributed by atoms with van der Waals surface area (Å²) < 4.78 is 0. The molecule has 4 rings (SSSR count). The molecular weight excluding hydrogens is 397 g/mol. The first kappa shape index (κ1) is 18.7. The van der Waals surface area contributed by atoms with E-state index in [1.807, 2.05) is 36.4 Å². The minimum atomic E-state index is -0.0986. The van der Waals surface area contributed by atoms with E-state index in [-0.39, 0.29) is 16.2 Å². The number of pyridine rings is 1. The quantitative estimate of drug-likeness (QED) is 0.610. The number of carbonyl (C=O) groups is 1. The molecule has 0 radical (unpaired) electrons. The maximum absolute atomic E-state index is 12.7. The largest absolute Gasteiger partial charge is 0.353 e. The molecule has 142 valence electrons. The van der Waals surface area contributed by atoms with Crippen LogP contribution in [0.3, 0.4) is 0 Å². The number of halogens is 2. The van der Waals surface area contributed by atoms with Crippen molar-refractivity contribution >= 4 is 34.9 Å². The summed E-state index contributed by atoms with van der Waals surface area (Å²) in [7, 11) is 0. The van der Waals surface area contributed by atoms with Gasteiger partial charge in [0.15, 0.2) is 5.82 Å². The van der Waals surface area contributed by atoms with E-state index in [9.17, 15) is 4.79 Å². The molecule has 0 N–H and O–H groups in total. The highest BCUT2D eigenvalue weighted by atomic mass is 35.5. The van der Waals surface area contributed by atoms with Crippen LogP contribution >= 0.6 is 23.2 Å². The van der Waals surface area contributed by atoms with E-state index in [1.54, 1.807) is 23.2 Å². The van der Waals surface area contributed by atoms with Crippen LogP contribution in [0, 0.1) is 0 Å². The minimum absolute atomic E-state index is 0.0986. The average molecular weight is 414 g/mol. The number of benzene rings is 1. The Morgan fingerprint density at radius 1 is 0.893 bits per heavy atom. The average Bonchev–Trinajstić information content (AvgIpc) is 2.73. The molecule has 0 unspecified atom stereocenters. The van der Waals surface area contributed by atoms with Gasteiger partial charge in [0, 0.05) is 43.5 Å². The van der Waals surface area contributed by atoms with E-state index in [4.69, 9.17) is 23.2 Å². The molecule has 1 aliphatic heterocycles. The summed E-state index contributed by atoms with van der Waals surface area (Å²) in [6, 6.07) is 14.8. The molecule has 1 aliphatic rings. The molecule has 3 heterocycles. The number of amides is 1. The van der Waals surface area contributed by atoms with E-state index in [0.29, 0.717) is 37.6 Å². The van der Waals surface area contributed by atoms with Gasteiger partial charge in [0.25, 0.3) is 5.91 Å². The van der Waals surface area contributed by atoms with Crippen molar-refractivity contribution in [2.24, 2.45) is 0 Å². The molecule has 0 atom stereocenters. The number of hydrogen-bond acceptors (Lipinski definition) is 5. The fourth-order valence-electron chi connectivity index (χ4n) is 3.16. The second kappa shape index (κ2) is 8.12. The number of aromatic nitrogens is 3.